The molecule has 8 aromatic carbocycles. The van der Waals surface area contributed by atoms with Crippen LogP contribution in [0.15, 0.2) is 200 Å². The van der Waals surface area contributed by atoms with E-state index in [1.807, 2.05) is 11.3 Å². The fourth-order valence-corrected chi connectivity index (χ4v) is 9.51. The van der Waals surface area contributed by atoms with Crippen LogP contribution in [-0.2, 0) is 0 Å². The Labute approximate surface area is 322 Å². The van der Waals surface area contributed by atoms with Gasteiger partial charge >= 0.3 is 0 Å². The lowest BCUT2D eigenvalue weighted by molar-refractivity contribution is 1.29. The first-order valence-electron chi connectivity index (χ1n) is 18.0. The Morgan fingerprint density at radius 3 is 1.61 bits per heavy atom. The maximum atomic E-state index is 4.99. The lowest BCUT2D eigenvalue weighted by Crippen LogP contribution is -2.10. The first kappa shape index (κ1) is 32.1. The van der Waals surface area contributed by atoms with Crippen LogP contribution in [0, 0.1) is 0 Å². The zero-order valence-corrected chi connectivity index (χ0v) is 30.8. The molecule has 54 heavy (non-hydrogen) atoms. The normalized spacial score (nSPS) is 11.3. The van der Waals surface area contributed by atoms with Crippen molar-refractivity contribution in [1.29, 1.82) is 0 Å². The van der Waals surface area contributed by atoms with Crippen LogP contribution in [-0.4, -0.2) is 4.98 Å². The van der Waals surface area contributed by atoms with Gasteiger partial charge in [0.05, 0.1) is 20.6 Å². The number of nitrogens with zero attached hydrogens (tertiary/aromatic N) is 3. The third-order valence-electron chi connectivity index (χ3n) is 9.83. The van der Waals surface area contributed by atoms with E-state index in [0.29, 0.717) is 0 Å². The number of fused-ring (bicyclic) bond motifs is 4. The predicted molar refractivity (Wildman–Crippen MR) is 233 cm³/mol. The van der Waals surface area contributed by atoms with Gasteiger partial charge in [0.1, 0.15) is 5.01 Å². The van der Waals surface area contributed by atoms with Gasteiger partial charge < -0.3 is 9.80 Å². The molecule has 5 heteroatoms. The standard InChI is InChI=1S/C49H33N3S2/c1-5-16-34(17-6-1)36-31-43-42-29-28-41(33-47(42)53-48(43)45(32-36)52(38-21-9-3-10-22-38)39-23-11-4-12-24-39)51(37-19-7-2-8-20-37)40-25-15-18-35(30-40)49-50-44-26-13-14-27-46(44)54-49/h1-33H. The molecular weight excluding hydrogens is 695 g/mol. The van der Waals surface area contributed by atoms with Crippen LogP contribution >= 0.6 is 22.7 Å². The highest BCUT2D eigenvalue weighted by Gasteiger charge is 2.21. The number of thiophene rings is 1. The molecule has 0 aliphatic rings. The summed E-state index contributed by atoms with van der Waals surface area (Å²) in [4.78, 5) is 9.74. The van der Waals surface area contributed by atoms with E-state index in [1.165, 1.54) is 36.0 Å². The van der Waals surface area contributed by atoms with Crippen LogP contribution < -0.4 is 9.80 Å². The fourth-order valence-electron chi connectivity index (χ4n) is 7.33. The van der Waals surface area contributed by atoms with Crippen LogP contribution in [0.1, 0.15) is 0 Å². The Morgan fingerprint density at radius 2 is 0.926 bits per heavy atom. The van der Waals surface area contributed by atoms with Crippen LogP contribution in [0.25, 0.3) is 52.1 Å². The molecule has 256 valence electrons. The number of rotatable bonds is 8. The average molecular weight is 728 g/mol. The molecule has 0 amide bonds. The SMILES string of the molecule is c1ccc(-c2cc(N(c3ccccc3)c3ccccc3)c3sc4cc(N(c5ccccc5)c5cccc(-c6nc7ccccc7s6)c5)ccc4c3c2)cc1. The quantitative estimate of drug-likeness (QED) is 0.155. The van der Waals surface area contributed by atoms with E-state index in [4.69, 9.17) is 4.98 Å². The van der Waals surface area contributed by atoms with Gasteiger partial charge in [0, 0.05) is 49.5 Å². The summed E-state index contributed by atoms with van der Waals surface area (Å²) in [5.41, 5.74) is 11.2. The van der Waals surface area contributed by atoms with Crippen molar-refractivity contribution in [1.82, 2.24) is 4.98 Å². The van der Waals surface area contributed by atoms with E-state index in [2.05, 4.69) is 210 Å². The average Bonchev–Trinajstić information content (AvgIpc) is 3.85. The summed E-state index contributed by atoms with van der Waals surface area (Å²) in [6.45, 7) is 0. The highest BCUT2D eigenvalue weighted by Crippen LogP contribution is 2.48. The Bertz CT molecular complexity index is 2810. The van der Waals surface area contributed by atoms with Crippen molar-refractivity contribution in [2.24, 2.45) is 0 Å². The molecule has 0 fully saturated rings. The minimum atomic E-state index is 1.02. The van der Waals surface area contributed by atoms with E-state index >= 15 is 0 Å². The zero-order chi connectivity index (χ0) is 35.8. The van der Waals surface area contributed by atoms with E-state index in [1.54, 1.807) is 11.3 Å². The van der Waals surface area contributed by atoms with Crippen LogP contribution in [0.3, 0.4) is 0 Å². The highest BCUT2D eigenvalue weighted by molar-refractivity contribution is 7.26. The molecule has 0 aliphatic carbocycles. The fraction of sp³-hybridized carbons (Fsp3) is 0. The Kier molecular flexibility index (Phi) is 8.21. The third kappa shape index (κ3) is 5.90. The molecule has 0 aliphatic heterocycles. The number of aromatic nitrogens is 1. The molecule has 0 N–H and O–H groups in total. The summed E-state index contributed by atoms with van der Waals surface area (Å²) in [7, 11) is 0. The number of hydrogen-bond acceptors (Lipinski definition) is 5. The second-order valence-electron chi connectivity index (χ2n) is 13.2. The lowest BCUT2D eigenvalue weighted by Gasteiger charge is -2.26. The third-order valence-corrected chi connectivity index (χ3v) is 12.1. The smallest absolute Gasteiger partial charge is 0.124 e. The first-order valence-corrected chi connectivity index (χ1v) is 19.7. The summed E-state index contributed by atoms with van der Waals surface area (Å²) in [6.07, 6.45) is 0. The Balaban J connectivity index is 1.17. The number of anilines is 6. The molecule has 0 radical (unpaired) electrons. The van der Waals surface area contributed by atoms with Gasteiger partial charge in [-0.3, -0.25) is 0 Å². The van der Waals surface area contributed by atoms with Gasteiger partial charge in [-0.05, 0) is 96.1 Å². The summed E-state index contributed by atoms with van der Waals surface area (Å²) in [5, 5.41) is 3.52. The molecule has 0 atom stereocenters. The summed E-state index contributed by atoms with van der Waals surface area (Å²) < 4.78 is 3.68. The second-order valence-corrected chi connectivity index (χ2v) is 15.3. The van der Waals surface area contributed by atoms with Crippen molar-refractivity contribution < 1.29 is 0 Å². The largest absolute Gasteiger partial charge is 0.310 e. The Hall–Kier alpha value is -6.53. The summed E-state index contributed by atoms with van der Waals surface area (Å²) in [5.74, 6) is 0. The topological polar surface area (TPSA) is 19.4 Å². The molecule has 0 bridgehead atoms. The zero-order valence-electron chi connectivity index (χ0n) is 29.2. The van der Waals surface area contributed by atoms with Crippen LogP contribution in [0.2, 0.25) is 0 Å². The number of benzene rings is 8. The van der Waals surface area contributed by atoms with Crippen molar-refractivity contribution in [2.75, 3.05) is 9.80 Å². The van der Waals surface area contributed by atoms with Crippen LogP contribution in [0.5, 0.6) is 0 Å². The second kappa shape index (κ2) is 13.8. The van der Waals surface area contributed by atoms with Gasteiger partial charge in [-0.1, -0.05) is 115 Å². The monoisotopic (exact) mass is 727 g/mol. The van der Waals surface area contributed by atoms with Crippen molar-refractivity contribution in [3.63, 3.8) is 0 Å². The molecule has 2 heterocycles. The van der Waals surface area contributed by atoms with Crippen LogP contribution in [0.4, 0.5) is 34.1 Å². The molecule has 10 aromatic rings. The van der Waals surface area contributed by atoms with Crippen molar-refractivity contribution >= 4 is 87.2 Å². The Morgan fingerprint density at radius 1 is 0.352 bits per heavy atom. The number of thiazole rings is 1. The van der Waals surface area contributed by atoms with Gasteiger partial charge in [0.25, 0.3) is 0 Å². The van der Waals surface area contributed by atoms with Crippen molar-refractivity contribution in [3.8, 4) is 21.7 Å². The lowest BCUT2D eigenvalue weighted by atomic mass is 10.0. The maximum Gasteiger partial charge on any atom is 0.124 e. The molecule has 10 rings (SSSR count). The highest BCUT2D eigenvalue weighted by atomic mass is 32.1. The maximum absolute atomic E-state index is 4.99. The van der Waals surface area contributed by atoms with E-state index in [9.17, 15) is 0 Å². The van der Waals surface area contributed by atoms with Crippen molar-refractivity contribution in [3.05, 3.63) is 200 Å². The minimum Gasteiger partial charge on any atom is -0.310 e. The molecule has 0 saturated carbocycles. The first-order chi connectivity index (χ1) is 26.8. The predicted octanol–water partition coefficient (Wildman–Crippen LogP) is 14.9. The molecular formula is C49H33N3S2. The molecule has 3 nitrogen and oxygen atoms in total. The molecule has 0 unspecified atom stereocenters. The molecule has 0 saturated heterocycles. The number of para-hydroxylation sites is 4. The van der Waals surface area contributed by atoms with Gasteiger partial charge in [0.15, 0.2) is 0 Å². The van der Waals surface area contributed by atoms with Gasteiger partial charge in [-0.25, -0.2) is 4.98 Å². The van der Waals surface area contributed by atoms with Gasteiger partial charge in [-0.15, -0.1) is 22.7 Å². The van der Waals surface area contributed by atoms with Gasteiger partial charge in [0.2, 0.25) is 0 Å². The summed E-state index contributed by atoms with van der Waals surface area (Å²) in [6, 6.07) is 71.6. The number of hydrogen-bond donors (Lipinski definition) is 0. The minimum absolute atomic E-state index is 1.02. The van der Waals surface area contributed by atoms with Gasteiger partial charge in [-0.2, -0.15) is 0 Å². The van der Waals surface area contributed by atoms with E-state index in [0.717, 1.165) is 50.2 Å². The van der Waals surface area contributed by atoms with E-state index < -0.39 is 0 Å². The molecule has 2 aromatic heterocycles. The van der Waals surface area contributed by atoms with Crippen molar-refractivity contribution in [2.45, 2.75) is 0 Å². The molecule has 0 spiro atoms. The van der Waals surface area contributed by atoms with E-state index in [-0.39, 0.29) is 0 Å². The summed E-state index contributed by atoms with van der Waals surface area (Å²) >= 11 is 3.59.